The molecule has 0 fully saturated rings. The molecule has 4 nitrogen and oxygen atoms in total. The first-order valence-corrected chi connectivity index (χ1v) is 6.38. The van der Waals surface area contributed by atoms with Crippen LogP contribution < -0.4 is 10.1 Å². The normalized spacial score (nSPS) is 16.5. The third-order valence-electron chi connectivity index (χ3n) is 3.53. The molecule has 19 heavy (non-hydrogen) atoms. The smallest absolute Gasteiger partial charge is 0.410 e. The van der Waals surface area contributed by atoms with Gasteiger partial charge in [0.2, 0.25) is 0 Å². The number of rotatable bonds is 3. The molecule has 0 radical (unpaired) electrons. The van der Waals surface area contributed by atoms with Crippen molar-refractivity contribution >= 4 is 18.5 Å². The minimum absolute atomic E-state index is 0. The molecule has 1 unspecified atom stereocenters. The first kappa shape index (κ1) is 15.8. The summed E-state index contributed by atoms with van der Waals surface area (Å²) in [5.74, 6) is 0.626. The highest BCUT2D eigenvalue weighted by Gasteiger charge is 2.22. The van der Waals surface area contributed by atoms with Crippen molar-refractivity contribution in [2.45, 2.75) is 25.8 Å². The number of aryl methyl sites for hydroxylation is 1. The van der Waals surface area contributed by atoms with E-state index in [2.05, 4.69) is 11.4 Å². The lowest BCUT2D eigenvalue weighted by Crippen LogP contribution is -2.29. The molecular weight excluding hydrogens is 264 g/mol. The van der Waals surface area contributed by atoms with Gasteiger partial charge in [-0.1, -0.05) is 6.07 Å². The summed E-state index contributed by atoms with van der Waals surface area (Å²) in [7, 11) is 3.69. The van der Waals surface area contributed by atoms with Crippen molar-refractivity contribution in [2.24, 2.45) is 0 Å². The molecule has 5 heteroatoms. The third-order valence-corrected chi connectivity index (χ3v) is 3.53. The molecule has 1 amide bonds. The standard InChI is InChI=1S/C14H20N2O2.ClH/c1-4-16(3)14(17)18-11-7-5-10-6-8-13(15-2)12(10)9-11;/h5,7,9,13,15H,4,6,8H2,1-3H3;1H. The lowest BCUT2D eigenvalue weighted by atomic mass is 10.1. The van der Waals surface area contributed by atoms with E-state index in [0.717, 1.165) is 12.8 Å². The van der Waals surface area contributed by atoms with Crippen LogP contribution in [0.5, 0.6) is 5.75 Å². The minimum atomic E-state index is -0.309. The van der Waals surface area contributed by atoms with E-state index in [1.54, 1.807) is 11.9 Å². The van der Waals surface area contributed by atoms with Gasteiger partial charge >= 0.3 is 6.09 Å². The average Bonchev–Trinajstić information content (AvgIpc) is 2.79. The molecule has 0 saturated carbocycles. The predicted molar refractivity (Wildman–Crippen MR) is 78.1 cm³/mol. The summed E-state index contributed by atoms with van der Waals surface area (Å²) >= 11 is 0. The Balaban J connectivity index is 0.00000180. The molecule has 1 aliphatic carbocycles. The van der Waals surface area contributed by atoms with Gasteiger partial charge in [-0.2, -0.15) is 0 Å². The van der Waals surface area contributed by atoms with Crippen molar-refractivity contribution in [3.63, 3.8) is 0 Å². The maximum atomic E-state index is 11.7. The Labute approximate surface area is 120 Å². The van der Waals surface area contributed by atoms with Gasteiger partial charge in [0.05, 0.1) is 0 Å². The molecule has 1 atom stereocenters. The number of ether oxygens (including phenoxy) is 1. The maximum absolute atomic E-state index is 11.7. The molecule has 0 aromatic heterocycles. The van der Waals surface area contributed by atoms with Crippen LogP contribution in [0.3, 0.4) is 0 Å². The topological polar surface area (TPSA) is 41.6 Å². The number of nitrogens with zero attached hydrogens (tertiary/aromatic N) is 1. The van der Waals surface area contributed by atoms with E-state index in [-0.39, 0.29) is 18.5 Å². The highest BCUT2D eigenvalue weighted by Crippen LogP contribution is 2.33. The van der Waals surface area contributed by atoms with Gasteiger partial charge in [-0.3, -0.25) is 0 Å². The molecule has 0 saturated heterocycles. The molecule has 2 rings (SSSR count). The highest BCUT2D eigenvalue weighted by atomic mass is 35.5. The zero-order chi connectivity index (χ0) is 13.1. The fraction of sp³-hybridized carbons (Fsp3) is 0.500. The number of carbonyl (C=O) groups excluding carboxylic acids is 1. The van der Waals surface area contributed by atoms with Gasteiger partial charge in [0.25, 0.3) is 0 Å². The van der Waals surface area contributed by atoms with Gasteiger partial charge in [0.15, 0.2) is 0 Å². The Kier molecular flexibility index (Phi) is 5.63. The first-order chi connectivity index (χ1) is 8.65. The SMILES string of the molecule is CCN(C)C(=O)Oc1ccc2c(c1)C(NC)CC2.Cl. The van der Waals surface area contributed by atoms with Crippen LogP contribution in [0, 0.1) is 0 Å². The van der Waals surface area contributed by atoms with Gasteiger partial charge in [-0.25, -0.2) is 4.79 Å². The van der Waals surface area contributed by atoms with Gasteiger partial charge in [-0.05, 0) is 50.1 Å². The van der Waals surface area contributed by atoms with E-state index >= 15 is 0 Å². The molecule has 1 aromatic rings. The third kappa shape index (κ3) is 3.39. The minimum Gasteiger partial charge on any atom is -0.410 e. The van der Waals surface area contributed by atoms with Crippen molar-refractivity contribution in [2.75, 3.05) is 20.6 Å². The van der Waals surface area contributed by atoms with Gasteiger partial charge in [0, 0.05) is 19.6 Å². The van der Waals surface area contributed by atoms with Crippen LogP contribution in [-0.4, -0.2) is 31.6 Å². The van der Waals surface area contributed by atoms with E-state index < -0.39 is 0 Å². The quantitative estimate of drug-likeness (QED) is 0.928. The summed E-state index contributed by atoms with van der Waals surface area (Å²) in [4.78, 5) is 13.2. The van der Waals surface area contributed by atoms with E-state index in [0.29, 0.717) is 18.3 Å². The average molecular weight is 285 g/mol. The molecule has 1 aromatic carbocycles. The van der Waals surface area contributed by atoms with Crippen molar-refractivity contribution in [3.8, 4) is 5.75 Å². The van der Waals surface area contributed by atoms with E-state index in [1.807, 2.05) is 26.1 Å². The van der Waals surface area contributed by atoms with Crippen molar-refractivity contribution in [3.05, 3.63) is 29.3 Å². The van der Waals surface area contributed by atoms with E-state index in [1.165, 1.54) is 11.1 Å². The summed E-state index contributed by atoms with van der Waals surface area (Å²) in [6.07, 6.45) is 1.89. The van der Waals surface area contributed by atoms with Crippen molar-refractivity contribution in [1.29, 1.82) is 0 Å². The van der Waals surface area contributed by atoms with Gasteiger partial charge < -0.3 is 15.0 Å². The summed E-state index contributed by atoms with van der Waals surface area (Å²) in [5, 5.41) is 3.28. The highest BCUT2D eigenvalue weighted by molar-refractivity contribution is 5.85. The van der Waals surface area contributed by atoms with Crippen molar-refractivity contribution in [1.82, 2.24) is 10.2 Å². The summed E-state index contributed by atoms with van der Waals surface area (Å²) in [6.45, 7) is 2.56. The Morgan fingerprint density at radius 2 is 2.26 bits per heavy atom. The lowest BCUT2D eigenvalue weighted by molar-refractivity contribution is 0.165. The number of hydrogen-bond donors (Lipinski definition) is 1. The van der Waals surface area contributed by atoms with E-state index in [4.69, 9.17) is 4.74 Å². The number of carbonyl (C=O) groups is 1. The molecular formula is C14H21ClN2O2. The zero-order valence-corrected chi connectivity index (χ0v) is 12.4. The molecule has 1 aliphatic rings. The molecule has 1 N–H and O–H groups in total. The fourth-order valence-electron chi connectivity index (χ4n) is 2.25. The first-order valence-electron chi connectivity index (χ1n) is 6.38. The number of hydrogen-bond acceptors (Lipinski definition) is 3. The monoisotopic (exact) mass is 284 g/mol. The second-order valence-corrected chi connectivity index (χ2v) is 4.62. The predicted octanol–water partition coefficient (Wildman–Crippen LogP) is 2.77. The molecule has 106 valence electrons. The Morgan fingerprint density at radius 3 is 2.89 bits per heavy atom. The van der Waals surface area contributed by atoms with Crippen molar-refractivity contribution < 1.29 is 9.53 Å². The molecule has 0 heterocycles. The fourth-order valence-corrected chi connectivity index (χ4v) is 2.25. The van der Waals surface area contributed by atoms with Crippen LogP contribution in [0.25, 0.3) is 0 Å². The van der Waals surface area contributed by atoms with Crippen LogP contribution in [0.1, 0.15) is 30.5 Å². The largest absolute Gasteiger partial charge is 0.414 e. The second-order valence-electron chi connectivity index (χ2n) is 4.62. The Bertz CT molecular complexity index is 451. The number of fused-ring (bicyclic) bond motifs is 1. The summed E-state index contributed by atoms with van der Waals surface area (Å²) < 4.78 is 5.34. The van der Waals surface area contributed by atoms with Crippen LogP contribution in [0.15, 0.2) is 18.2 Å². The van der Waals surface area contributed by atoms with Gasteiger partial charge in [0.1, 0.15) is 5.75 Å². The molecule has 0 bridgehead atoms. The Hall–Kier alpha value is -1.26. The zero-order valence-electron chi connectivity index (χ0n) is 11.6. The summed E-state index contributed by atoms with van der Waals surface area (Å²) in [6, 6.07) is 6.28. The molecule has 0 aliphatic heterocycles. The Morgan fingerprint density at radius 1 is 1.53 bits per heavy atom. The number of amides is 1. The molecule has 0 spiro atoms. The lowest BCUT2D eigenvalue weighted by Gasteiger charge is -2.15. The number of nitrogens with one attached hydrogen (secondary N) is 1. The van der Waals surface area contributed by atoms with Crippen LogP contribution in [-0.2, 0) is 6.42 Å². The van der Waals surface area contributed by atoms with Crippen LogP contribution in [0.4, 0.5) is 4.79 Å². The number of benzene rings is 1. The van der Waals surface area contributed by atoms with Gasteiger partial charge in [-0.15, -0.1) is 12.4 Å². The van der Waals surface area contributed by atoms with Crippen LogP contribution in [0.2, 0.25) is 0 Å². The number of halogens is 1. The second kappa shape index (κ2) is 6.78. The van der Waals surface area contributed by atoms with Crippen LogP contribution >= 0.6 is 12.4 Å². The summed E-state index contributed by atoms with van der Waals surface area (Å²) in [5.41, 5.74) is 2.60. The van der Waals surface area contributed by atoms with E-state index in [9.17, 15) is 4.79 Å². The maximum Gasteiger partial charge on any atom is 0.414 e.